The van der Waals surface area contributed by atoms with Crippen LogP contribution in [0, 0.1) is 11.8 Å². The quantitative estimate of drug-likeness (QED) is 0.862. The van der Waals surface area contributed by atoms with Crippen molar-refractivity contribution in [1.82, 2.24) is 20.4 Å². The Labute approximate surface area is 165 Å². The molecule has 0 radical (unpaired) electrons. The number of piperidine rings is 1. The summed E-state index contributed by atoms with van der Waals surface area (Å²) in [6.07, 6.45) is 4.44. The minimum absolute atomic E-state index is 0.0620. The highest BCUT2D eigenvalue weighted by atomic mass is 16.4. The van der Waals surface area contributed by atoms with Gasteiger partial charge in [0, 0.05) is 24.9 Å². The van der Waals surface area contributed by atoms with Gasteiger partial charge in [0.1, 0.15) is 0 Å². The summed E-state index contributed by atoms with van der Waals surface area (Å²) in [4.78, 5) is 14.4. The molecule has 1 aromatic carbocycles. The zero-order chi connectivity index (χ0) is 19.1. The summed E-state index contributed by atoms with van der Waals surface area (Å²) >= 11 is 0. The fourth-order valence-electron chi connectivity index (χ4n) is 4.79. The summed E-state index contributed by atoms with van der Waals surface area (Å²) in [6.45, 7) is 4.57. The number of amides is 1. The fourth-order valence-corrected chi connectivity index (χ4v) is 4.79. The maximum atomic E-state index is 12.4. The monoisotopic (exact) mass is 380 g/mol. The molecule has 0 bridgehead atoms. The number of carbonyl (C=O) groups is 1. The zero-order valence-electron chi connectivity index (χ0n) is 16.4. The third-order valence-electron chi connectivity index (χ3n) is 6.72. The van der Waals surface area contributed by atoms with Crippen LogP contribution < -0.4 is 5.32 Å². The van der Waals surface area contributed by atoms with Crippen molar-refractivity contribution >= 4 is 5.91 Å². The molecule has 2 aromatic rings. The second-order valence-corrected chi connectivity index (χ2v) is 8.52. The molecule has 1 amide bonds. The van der Waals surface area contributed by atoms with Crippen molar-refractivity contribution in [3.63, 3.8) is 0 Å². The van der Waals surface area contributed by atoms with Gasteiger partial charge in [-0.3, -0.25) is 4.79 Å². The number of benzene rings is 1. The summed E-state index contributed by atoms with van der Waals surface area (Å²) in [6, 6.07) is 10.6. The van der Waals surface area contributed by atoms with Crippen molar-refractivity contribution in [3.8, 4) is 0 Å². The van der Waals surface area contributed by atoms with Gasteiger partial charge in [0.15, 0.2) is 0 Å². The first-order valence-corrected chi connectivity index (χ1v) is 10.6. The van der Waals surface area contributed by atoms with Gasteiger partial charge in [-0.25, -0.2) is 0 Å². The highest BCUT2D eigenvalue weighted by Gasteiger charge is 2.47. The fraction of sp³-hybridized carbons (Fsp3) is 0.591. The lowest BCUT2D eigenvalue weighted by atomic mass is 9.85. The molecule has 2 saturated heterocycles. The molecule has 5 rings (SSSR count). The van der Waals surface area contributed by atoms with Crippen LogP contribution in [0.5, 0.6) is 0 Å². The predicted molar refractivity (Wildman–Crippen MR) is 105 cm³/mol. The largest absolute Gasteiger partial charge is 0.423 e. The Kier molecular flexibility index (Phi) is 4.67. The molecule has 3 heterocycles. The standard InChI is InChI=1S/C22H28N4O2/c1-2-14-11-18(14)22(27)26-12-16(13-26)20-24-25-21(28-20)19-17(9-6-10-23-19)15-7-4-3-5-8-15/h3-5,7-8,14,16-19,23H,2,6,9-13H2,1H3/t14-,17+,18-,19+/m1/s1. The maximum Gasteiger partial charge on any atom is 0.234 e. The molecule has 0 unspecified atom stereocenters. The third-order valence-corrected chi connectivity index (χ3v) is 6.72. The summed E-state index contributed by atoms with van der Waals surface area (Å²) in [5, 5.41) is 12.3. The Balaban J connectivity index is 1.24. The number of carbonyl (C=O) groups excluding carboxylic acids is 1. The van der Waals surface area contributed by atoms with Gasteiger partial charge in [0.2, 0.25) is 17.7 Å². The number of likely N-dealkylation sites (tertiary alicyclic amines) is 1. The summed E-state index contributed by atoms with van der Waals surface area (Å²) in [7, 11) is 0. The van der Waals surface area contributed by atoms with Gasteiger partial charge in [0.25, 0.3) is 0 Å². The maximum absolute atomic E-state index is 12.4. The number of hydrogen-bond donors (Lipinski definition) is 1. The van der Waals surface area contributed by atoms with E-state index in [1.165, 1.54) is 5.56 Å². The molecule has 6 heteroatoms. The molecule has 1 N–H and O–H groups in total. The number of nitrogens with one attached hydrogen (secondary N) is 1. The average Bonchev–Trinajstić information content (AvgIpc) is 3.36. The normalized spacial score (nSPS) is 30.1. The lowest BCUT2D eigenvalue weighted by Gasteiger charge is -2.37. The van der Waals surface area contributed by atoms with Crippen molar-refractivity contribution in [1.29, 1.82) is 0 Å². The lowest BCUT2D eigenvalue weighted by molar-refractivity contribution is -0.137. The Bertz CT molecular complexity index is 830. The average molecular weight is 380 g/mol. The number of hydrogen-bond acceptors (Lipinski definition) is 5. The molecule has 4 atom stereocenters. The van der Waals surface area contributed by atoms with Crippen molar-refractivity contribution < 1.29 is 9.21 Å². The van der Waals surface area contributed by atoms with E-state index in [9.17, 15) is 4.79 Å². The Morgan fingerprint density at radius 3 is 2.75 bits per heavy atom. The van der Waals surface area contributed by atoms with E-state index in [4.69, 9.17) is 4.42 Å². The first-order valence-electron chi connectivity index (χ1n) is 10.6. The highest BCUT2D eigenvalue weighted by molar-refractivity contribution is 5.82. The van der Waals surface area contributed by atoms with Crippen LogP contribution in [0.1, 0.15) is 67.8 Å². The van der Waals surface area contributed by atoms with Crippen LogP contribution in [0.25, 0.3) is 0 Å². The molecule has 1 aromatic heterocycles. The SMILES string of the molecule is CC[C@@H]1C[C@H]1C(=O)N1CC(c2nnc([C@H]3NCCC[C@H]3c3ccccc3)o2)C1. The van der Waals surface area contributed by atoms with E-state index < -0.39 is 0 Å². The van der Waals surface area contributed by atoms with E-state index in [-0.39, 0.29) is 17.9 Å². The van der Waals surface area contributed by atoms with Gasteiger partial charge in [0.05, 0.1) is 12.0 Å². The second-order valence-electron chi connectivity index (χ2n) is 8.52. The molecule has 1 aliphatic carbocycles. The third kappa shape index (κ3) is 3.24. The number of aromatic nitrogens is 2. The molecule has 28 heavy (non-hydrogen) atoms. The second kappa shape index (κ2) is 7.32. The van der Waals surface area contributed by atoms with Crippen LogP contribution in [-0.2, 0) is 4.79 Å². The minimum atomic E-state index is 0.0620. The highest BCUT2D eigenvalue weighted by Crippen LogP contribution is 2.44. The van der Waals surface area contributed by atoms with E-state index in [1.807, 2.05) is 11.0 Å². The zero-order valence-corrected chi connectivity index (χ0v) is 16.4. The van der Waals surface area contributed by atoms with Crippen LogP contribution in [0.4, 0.5) is 0 Å². The molecule has 148 valence electrons. The van der Waals surface area contributed by atoms with E-state index in [2.05, 4.69) is 46.7 Å². The molecule has 2 aliphatic heterocycles. The van der Waals surface area contributed by atoms with E-state index >= 15 is 0 Å². The topological polar surface area (TPSA) is 71.3 Å². The van der Waals surface area contributed by atoms with Crippen molar-refractivity contribution in [2.45, 2.75) is 50.5 Å². The molecule has 3 aliphatic rings. The first-order chi connectivity index (χ1) is 13.7. The van der Waals surface area contributed by atoms with E-state index in [0.29, 0.717) is 42.6 Å². The van der Waals surface area contributed by atoms with Crippen molar-refractivity contribution in [2.24, 2.45) is 11.8 Å². The Hall–Kier alpha value is -2.21. The molecule has 6 nitrogen and oxygen atoms in total. The smallest absolute Gasteiger partial charge is 0.234 e. The molecular weight excluding hydrogens is 352 g/mol. The molecule has 0 spiro atoms. The summed E-state index contributed by atoms with van der Waals surface area (Å²) in [5.74, 6) is 3.09. The van der Waals surface area contributed by atoms with E-state index in [0.717, 1.165) is 32.2 Å². The number of rotatable bonds is 5. The summed E-state index contributed by atoms with van der Waals surface area (Å²) in [5.41, 5.74) is 1.31. The van der Waals surface area contributed by atoms with Crippen molar-refractivity contribution in [2.75, 3.05) is 19.6 Å². The first kappa shape index (κ1) is 17.9. The van der Waals surface area contributed by atoms with Crippen LogP contribution in [0.15, 0.2) is 34.7 Å². The van der Waals surface area contributed by atoms with Gasteiger partial charge in [-0.05, 0) is 37.3 Å². The van der Waals surface area contributed by atoms with Crippen LogP contribution >= 0.6 is 0 Å². The number of nitrogens with zero attached hydrogens (tertiary/aromatic N) is 3. The van der Waals surface area contributed by atoms with E-state index in [1.54, 1.807) is 0 Å². The summed E-state index contributed by atoms with van der Waals surface area (Å²) < 4.78 is 6.10. The molecular formula is C22H28N4O2. The van der Waals surface area contributed by atoms with Crippen LogP contribution in [0.2, 0.25) is 0 Å². The van der Waals surface area contributed by atoms with Gasteiger partial charge in [-0.1, -0.05) is 43.7 Å². The Morgan fingerprint density at radius 2 is 2.00 bits per heavy atom. The van der Waals surface area contributed by atoms with Gasteiger partial charge >= 0.3 is 0 Å². The van der Waals surface area contributed by atoms with Crippen molar-refractivity contribution in [3.05, 3.63) is 47.7 Å². The molecule has 3 fully saturated rings. The van der Waals surface area contributed by atoms with Crippen LogP contribution in [-0.4, -0.2) is 40.6 Å². The molecule has 1 saturated carbocycles. The van der Waals surface area contributed by atoms with Gasteiger partial charge < -0.3 is 14.6 Å². The Morgan fingerprint density at radius 1 is 1.21 bits per heavy atom. The lowest BCUT2D eigenvalue weighted by Crippen LogP contribution is -2.49. The van der Waals surface area contributed by atoms with Gasteiger partial charge in [-0.2, -0.15) is 0 Å². The predicted octanol–water partition coefficient (Wildman–Crippen LogP) is 3.25. The minimum Gasteiger partial charge on any atom is -0.423 e. The van der Waals surface area contributed by atoms with Gasteiger partial charge in [-0.15, -0.1) is 10.2 Å². The van der Waals surface area contributed by atoms with Crippen LogP contribution in [0.3, 0.4) is 0 Å².